The quantitative estimate of drug-likeness (QED) is 0.671. The van der Waals surface area contributed by atoms with E-state index in [1.807, 2.05) is 0 Å². The molecule has 0 radical (unpaired) electrons. The molecule has 1 heterocycles. The molecule has 0 aliphatic heterocycles. The maximum absolute atomic E-state index is 8.93. The number of hydrogen-bond acceptors (Lipinski definition) is 2. The number of aromatic hydroxyl groups is 1. The van der Waals surface area contributed by atoms with Crippen molar-refractivity contribution in [1.29, 1.82) is 0 Å². The second kappa shape index (κ2) is 4.01. The van der Waals surface area contributed by atoms with Crippen molar-refractivity contribution in [1.82, 2.24) is 9.78 Å². The summed E-state index contributed by atoms with van der Waals surface area (Å²) >= 11 is 0. The first-order valence-corrected chi connectivity index (χ1v) is 4.04. The van der Waals surface area contributed by atoms with Gasteiger partial charge in [-0.1, -0.05) is 19.8 Å². The molecule has 0 bridgehead atoms. The van der Waals surface area contributed by atoms with Crippen LogP contribution in [0.1, 0.15) is 26.2 Å². The van der Waals surface area contributed by atoms with Crippen LogP contribution in [-0.4, -0.2) is 14.9 Å². The smallest absolute Gasteiger partial charge is 0.153 e. The Morgan fingerprint density at radius 2 is 2.36 bits per heavy atom. The lowest BCUT2D eigenvalue weighted by Crippen LogP contribution is -1.97. The monoisotopic (exact) mass is 154 g/mol. The normalized spacial score (nSPS) is 10.3. The third-order valence-corrected chi connectivity index (χ3v) is 1.61. The summed E-state index contributed by atoms with van der Waals surface area (Å²) in [5, 5.41) is 12.9. The van der Waals surface area contributed by atoms with E-state index in [2.05, 4.69) is 12.0 Å². The van der Waals surface area contributed by atoms with E-state index in [-0.39, 0.29) is 5.75 Å². The molecular formula is C8H14N2O. The van der Waals surface area contributed by atoms with Crippen molar-refractivity contribution in [3.8, 4) is 5.75 Å². The first-order chi connectivity index (χ1) is 5.33. The van der Waals surface area contributed by atoms with Crippen molar-refractivity contribution in [3.05, 3.63) is 12.4 Å². The average Bonchev–Trinajstić information content (AvgIpc) is 2.37. The minimum absolute atomic E-state index is 0.251. The number of unbranched alkanes of at least 4 members (excludes halogenated alkanes) is 2. The molecule has 62 valence electrons. The van der Waals surface area contributed by atoms with Crippen molar-refractivity contribution in [2.45, 2.75) is 32.7 Å². The Hall–Kier alpha value is -0.990. The summed E-state index contributed by atoms with van der Waals surface area (Å²) in [6.45, 7) is 3.08. The molecule has 0 aliphatic carbocycles. The van der Waals surface area contributed by atoms with Crippen molar-refractivity contribution >= 4 is 0 Å². The van der Waals surface area contributed by atoms with Gasteiger partial charge in [0.15, 0.2) is 5.75 Å². The predicted molar refractivity (Wildman–Crippen MR) is 43.4 cm³/mol. The summed E-state index contributed by atoms with van der Waals surface area (Å²) in [4.78, 5) is 0. The largest absolute Gasteiger partial charge is 0.505 e. The van der Waals surface area contributed by atoms with Gasteiger partial charge < -0.3 is 5.11 Å². The second-order valence-corrected chi connectivity index (χ2v) is 2.67. The Balaban J connectivity index is 2.27. The van der Waals surface area contributed by atoms with Crippen LogP contribution < -0.4 is 0 Å². The van der Waals surface area contributed by atoms with E-state index in [0.717, 1.165) is 13.0 Å². The first kappa shape index (κ1) is 8.11. The minimum atomic E-state index is 0.251. The zero-order chi connectivity index (χ0) is 8.10. The highest BCUT2D eigenvalue weighted by molar-refractivity contribution is 5.08. The third-order valence-electron chi connectivity index (χ3n) is 1.61. The van der Waals surface area contributed by atoms with Crippen LogP contribution >= 0.6 is 0 Å². The number of rotatable bonds is 4. The van der Waals surface area contributed by atoms with Gasteiger partial charge in [0, 0.05) is 6.54 Å². The SMILES string of the molecule is CCCCCn1cc(O)cn1. The highest BCUT2D eigenvalue weighted by Gasteiger charge is 1.93. The Morgan fingerprint density at radius 1 is 1.55 bits per heavy atom. The molecule has 3 heteroatoms. The molecule has 11 heavy (non-hydrogen) atoms. The van der Waals surface area contributed by atoms with Gasteiger partial charge in [-0.05, 0) is 6.42 Å². The number of aromatic nitrogens is 2. The molecule has 0 amide bonds. The maximum Gasteiger partial charge on any atom is 0.153 e. The fourth-order valence-corrected chi connectivity index (χ4v) is 0.999. The standard InChI is InChI=1S/C8H14N2O/c1-2-3-4-5-10-7-8(11)6-9-10/h6-7,11H,2-5H2,1H3. The van der Waals surface area contributed by atoms with Crippen LogP contribution in [0.5, 0.6) is 5.75 Å². The van der Waals surface area contributed by atoms with Gasteiger partial charge >= 0.3 is 0 Å². The highest BCUT2D eigenvalue weighted by atomic mass is 16.3. The lowest BCUT2D eigenvalue weighted by atomic mass is 10.2. The van der Waals surface area contributed by atoms with Crippen molar-refractivity contribution in [2.24, 2.45) is 0 Å². The van der Waals surface area contributed by atoms with E-state index in [0.29, 0.717) is 0 Å². The summed E-state index contributed by atoms with van der Waals surface area (Å²) in [6, 6.07) is 0. The molecule has 0 aromatic carbocycles. The third kappa shape index (κ3) is 2.62. The van der Waals surface area contributed by atoms with Gasteiger partial charge in [-0.25, -0.2) is 0 Å². The Morgan fingerprint density at radius 3 is 2.91 bits per heavy atom. The van der Waals surface area contributed by atoms with Gasteiger partial charge in [-0.3, -0.25) is 4.68 Å². The zero-order valence-corrected chi connectivity index (χ0v) is 6.82. The van der Waals surface area contributed by atoms with Gasteiger partial charge in [0.05, 0.1) is 12.4 Å². The summed E-state index contributed by atoms with van der Waals surface area (Å²) in [6.07, 6.45) is 6.69. The summed E-state index contributed by atoms with van der Waals surface area (Å²) in [5.41, 5.74) is 0. The first-order valence-electron chi connectivity index (χ1n) is 4.04. The van der Waals surface area contributed by atoms with Crippen LogP contribution in [0.25, 0.3) is 0 Å². The molecular weight excluding hydrogens is 140 g/mol. The molecule has 0 fully saturated rings. The predicted octanol–water partition coefficient (Wildman–Crippen LogP) is 1.78. The van der Waals surface area contributed by atoms with E-state index in [9.17, 15) is 0 Å². The Bertz CT molecular complexity index is 208. The van der Waals surface area contributed by atoms with Gasteiger partial charge in [0.2, 0.25) is 0 Å². The van der Waals surface area contributed by atoms with E-state index in [1.165, 1.54) is 19.0 Å². The fourth-order valence-electron chi connectivity index (χ4n) is 0.999. The molecule has 1 rings (SSSR count). The van der Waals surface area contributed by atoms with Gasteiger partial charge in [0.25, 0.3) is 0 Å². The summed E-state index contributed by atoms with van der Waals surface area (Å²) in [5.74, 6) is 0.251. The second-order valence-electron chi connectivity index (χ2n) is 2.67. The number of nitrogens with zero attached hydrogens (tertiary/aromatic N) is 2. The lowest BCUT2D eigenvalue weighted by Gasteiger charge is -1.97. The topological polar surface area (TPSA) is 38.0 Å². The van der Waals surface area contributed by atoms with Gasteiger partial charge in [-0.2, -0.15) is 5.10 Å². The molecule has 0 saturated carbocycles. The minimum Gasteiger partial charge on any atom is -0.505 e. The molecule has 1 N–H and O–H groups in total. The molecule has 0 aliphatic rings. The Kier molecular flexibility index (Phi) is 2.95. The van der Waals surface area contributed by atoms with Gasteiger partial charge in [-0.15, -0.1) is 0 Å². The van der Waals surface area contributed by atoms with E-state index >= 15 is 0 Å². The average molecular weight is 154 g/mol. The molecule has 0 spiro atoms. The highest BCUT2D eigenvalue weighted by Crippen LogP contribution is 2.05. The van der Waals surface area contributed by atoms with E-state index in [1.54, 1.807) is 10.9 Å². The lowest BCUT2D eigenvalue weighted by molar-refractivity contribution is 0.472. The van der Waals surface area contributed by atoms with Crippen LogP contribution in [0, 0.1) is 0 Å². The number of aryl methyl sites for hydroxylation is 1. The molecule has 1 aromatic rings. The van der Waals surface area contributed by atoms with Crippen LogP contribution in [0.15, 0.2) is 12.4 Å². The molecule has 0 unspecified atom stereocenters. The zero-order valence-electron chi connectivity index (χ0n) is 6.82. The van der Waals surface area contributed by atoms with Crippen molar-refractivity contribution < 1.29 is 5.11 Å². The Labute approximate surface area is 66.7 Å². The van der Waals surface area contributed by atoms with E-state index < -0.39 is 0 Å². The fraction of sp³-hybridized carbons (Fsp3) is 0.625. The summed E-state index contributed by atoms with van der Waals surface area (Å²) < 4.78 is 1.77. The molecule has 0 atom stereocenters. The molecule has 0 saturated heterocycles. The maximum atomic E-state index is 8.93. The summed E-state index contributed by atoms with van der Waals surface area (Å²) in [7, 11) is 0. The van der Waals surface area contributed by atoms with Crippen molar-refractivity contribution in [3.63, 3.8) is 0 Å². The van der Waals surface area contributed by atoms with Crippen LogP contribution in [0.2, 0.25) is 0 Å². The molecule has 1 aromatic heterocycles. The van der Waals surface area contributed by atoms with Crippen molar-refractivity contribution in [2.75, 3.05) is 0 Å². The van der Waals surface area contributed by atoms with Crippen LogP contribution in [0.3, 0.4) is 0 Å². The van der Waals surface area contributed by atoms with E-state index in [4.69, 9.17) is 5.11 Å². The van der Waals surface area contributed by atoms with Crippen LogP contribution in [0.4, 0.5) is 0 Å². The number of hydrogen-bond donors (Lipinski definition) is 1. The van der Waals surface area contributed by atoms with Gasteiger partial charge in [0.1, 0.15) is 0 Å². The molecule has 3 nitrogen and oxygen atoms in total. The van der Waals surface area contributed by atoms with Crippen LogP contribution in [-0.2, 0) is 6.54 Å².